The third-order valence-electron chi connectivity index (χ3n) is 2.97. The Morgan fingerprint density at radius 3 is 2.45 bits per heavy atom. The number of hydrogen-bond donors (Lipinski definition) is 2. The molecule has 0 saturated heterocycles. The van der Waals surface area contributed by atoms with Crippen molar-refractivity contribution in [3.05, 3.63) is 42.0 Å². The van der Waals surface area contributed by atoms with E-state index in [1.165, 1.54) is 24.3 Å². The Balaban J connectivity index is 2.32. The Morgan fingerprint density at radius 2 is 1.82 bits per heavy atom. The first-order valence-electron chi connectivity index (χ1n) is 6.12. The molecule has 2 aromatic rings. The maximum Gasteiger partial charge on any atom is 0.387 e. The monoisotopic (exact) mass is 317 g/mol. The van der Waals surface area contributed by atoms with Crippen molar-refractivity contribution in [1.82, 2.24) is 5.48 Å². The minimum absolute atomic E-state index is 0.0818. The smallest absolute Gasteiger partial charge is 0.387 e. The number of carbonyl (C=O) groups is 1. The molecule has 0 spiro atoms. The molecule has 2 aromatic carbocycles. The lowest BCUT2D eigenvalue weighted by atomic mass is 10.0. The van der Waals surface area contributed by atoms with Crippen LogP contribution in [-0.2, 0) is 10.7 Å². The van der Waals surface area contributed by atoms with E-state index in [2.05, 4.69) is 4.74 Å². The Morgan fingerprint density at radius 1 is 1.18 bits per heavy atom. The number of hydrogen-bond acceptors (Lipinski definition) is 3. The maximum atomic E-state index is 13.9. The van der Waals surface area contributed by atoms with Gasteiger partial charge in [0.05, 0.1) is 6.42 Å². The Kier molecular flexibility index (Phi) is 4.51. The number of nitrogens with one attached hydrogen (secondary N) is 1. The highest BCUT2D eigenvalue weighted by molar-refractivity contribution is 5.85. The first kappa shape index (κ1) is 16.0. The van der Waals surface area contributed by atoms with Crippen molar-refractivity contribution in [3.8, 4) is 5.75 Å². The SMILES string of the molecule is O=C(CC(F)(F)c1ccc2cc(OC(F)F)ccc2c1)NO. The number of alkyl halides is 4. The molecule has 22 heavy (non-hydrogen) atoms. The van der Waals surface area contributed by atoms with E-state index >= 15 is 0 Å². The van der Waals surface area contributed by atoms with E-state index in [4.69, 9.17) is 5.21 Å². The third kappa shape index (κ3) is 3.64. The molecule has 0 heterocycles. The second-order valence-electron chi connectivity index (χ2n) is 4.52. The number of fused-ring (bicyclic) bond motifs is 1. The molecule has 2 rings (SSSR count). The van der Waals surface area contributed by atoms with Gasteiger partial charge in [0.1, 0.15) is 5.75 Å². The van der Waals surface area contributed by atoms with Gasteiger partial charge in [-0.25, -0.2) is 14.3 Å². The molecule has 4 nitrogen and oxygen atoms in total. The van der Waals surface area contributed by atoms with Crippen molar-refractivity contribution in [2.75, 3.05) is 0 Å². The lowest BCUT2D eigenvalue weighted by Crippen LogP contribution is -2.27. The normalized spacial score (nSPS) is 11.7. The molecule has 0 aliphatic rings. The van der Waals surface area contributed by atoms with Crippen LogP contribution in [0.25, 0.3) is 10.8 Å². The van der Waals surface area contributed by atoms with Crippen molar-refractivity contribution < 1.29 is 32.3 Å². The number of carbonyl (C=O) groups excluding carboxylic acids is 1. The summed E-state index contributed by atoms with van der Waals surface area (Å²) in [7, 11) is 0. The summed E-state index contributed by atoms with van der Waals surface area (Å²) < 4.78 is 56.2. The van der Waals surface area contributed by atoms with Gasteiger partial charge in [0.25, 0.3) is 5.92 Å². The molecule has 0 fully saturated rings. The molecule has 0 aliphatic carbocycles. The number of ether oxygens (including phenoxy) is 1. The second kappa shape index (κ2) is 6.18. The van der Waals surface area contributed by atoms with Crippen LogP contribution in [0.2, 0.25) is 0 Å². The topological polar surface area (TPSA) is 58.6 Å². The summed E-state index contributed by atoms with van der Waals surface area (Å²) in [5.74, 6) is -4.77. The number of benzene rings is 2. The van der Waals surface area contributed by atoms with Crippen LogP contribution < -0.4 is 10.2 Å². The lowest BCUT2D eigenvalue weighted by Gasteiger charge is -2.16. The Hall–Kier alpha value is -2.35. The molecular weight excluding hydrogens is 306 g/mol. The zero-order valence-corrected chi connectivity index (χ0v) is 11.0. The summed E-state index contributed by atoms with van der Waals surface area (Å²) in [4.78, 5) is 10.9. The van der Waals surface area contributed by atoms with E-state index in [1.54, 1.807) is 0 Å². The summed E-state index contributed by atoms with van der Waals surface area (Å²) in [6.45, 7) is -2.97. The average Bonchev–Trinajstić information content (AvgIpc) is 2.45. The molecule has 0 saturated carbocycles. The minimum atomic E-state index is -3.47. The standard InChI is InChI=1S/C14H11F4NO3/c15-13(16)22-11-4-2-8-5-10(3-1-9(8)6-11)14(17,18)7-12(20)19-21/h1-6,13,21H,7H2,(H,19,20). The molecule has 0 unspecified atom stereocenters. The summed E-state index contributed by atoms with van der Waals surface area (Å²) in [6, 6.07) is 7.43. The predicted octanol–water partition coefficient (Wildman–Crippen LogP) is 3.43. The highest BCUT2D eigenvalue weighted by Gasteiger charge is 2.34. The van der Waals surface area contributed by atoms with Crippen LogP contribution in [0.1, 0.15) is 12.0 Å². The van der Waals surface area contributed by atoms with Gasteiger partial charge in [-0.2, -0.15) is 8.78 Å². The van der Waals surface area contributed by atoms with Crippen molar-refractivity contribution >= 4 is 16.7 Å². The van der Waals surface area contributed by atoms with Gasteiger partial charge in [0.15, 0.2) is 0 Å². The number of rotatable bonds is 5. The molecule has 0 atom stereocenters. The van der Waals surface area contributed by atoms with Gasteiger partial charge in [-0.05, 0) is 29.0 Å². The summed E-state index contributed by atoms with van der Waals surface area (Å²) in [5, 5.41) is 9.12. The maximum absolute atomic E-state index is 13.9. The first-order valence-corrected chi connectivity index (χ1v) is 6.12. The molecular formula is C14H11F4NO3. The molecule has 0 radical (unpaired) electrons. The van der Waals surface area contributed by atoms with Crippen LogP contribution in [0.15, 0.2) is 36.4 Å². The van der Waals surface area contributed by atoms with Crippen LogP contribution in [-0.4, -0.2) is 17.7 Å². The first-order chi connectivity index (χ1) is 10.3. The van der Waals surface area contributed by atoms with E-state index < -0.39 is 30.4 Å². The van der Waals surface area contributed by atoms with Crippen molar-refractivity contribution in [3.63, 3.8) is 0 Å². The van der Waals surface area contributed by atoms with Gasteiger partial charge < -0.3 is 4.74 Å². The fraction of sp³-hybridized carbons (Fsp3) is 0.214. The van der Waals surface area contributed by atoms with Crippen LogP contribution in [0.3, 0.4) is 0 Å². The zero-order chi connectivity index (χ0) is 16.3. The van der Waals surface area contributed by atoms with Gasteiger partial charge in [-0.15, -0.1) is 0 Å². The summed E-state index contributed by atoms with van der Waals surface area (Å²) in [5.41, 5.74) is 0.722. The number of halogens is 4. The highest BCUT2D eigenvalue weighted by atomic mass is 19.3. The highest BCUT2D eigenvalue weighted by Crippen LogP contribution is 2.34. The molecule has 0 aliphatic heterocycles. The van der Waals surface area contributed by atoms with Crippen molar-refractivity contribution in [2.24, 2.45) is 0 Å². The van der Waals surface area contributed by atoms with E-state index in [9.17, 15) is 22.4 Å². The van der Waals surface area contributed by atoms with E-state index in [0.29, 0.717) is 10.8 Å². The van der Waals surface area contributed by atoms with E-state index in [1.807, 2.05) is 0 Å². The predicted molar refractivity (Wildman–Crippen MR) is 69.0 cm³/mol. The van der Waals surface area contributed by atoms with Crippen molar-refractivity contribution in [1.29, 1.82) is 0 Å². The Labute approximate surface area is 122 Å². The molecule has 118 valence electrons. The number of hydroxylamine groups is 1. The molecule has 8 heteroatoms. The Bertz CT molecular complexity index is 691. The number of amides is 1. The summed E-state index contributed by atoms with van der Waals surface area (Å²) in [6.07, 6.45) is -1.21. The van der Waals surface area contributed by atoms with E-state index in [0.717, 1.165) is 17.6 Å². The largest absolute Gasteiger partial charge is 0.435 e. The van der Waals surface area contributed by atoms with Gasteiger partial charge in [0, 0.05) is 5.56 Å². The van der Waals surface area contributed by atoms with Gasteiger partial charge >= 0.3 is 6.61 Å². The quantitative estimate of drug-likeness (QED) is 0.505. The molecule has 1 amide bonds. The van der Waals surface area contributed by atoms with Crippen LogP contribution in [0.5, 0.6) is 5.75 Å². The fourth-order valence-corrected chi connectivity index (χ4v) is 1.97. The van der Waals surface area contributed by atoms with Crippen LogP contribution >= 0.6 is 0 Å². The summed E-state index contributed by atoms with van der Waals surface area (Å²) >= 11 is 0. The lowest BCUT2D eigenvalue weighted by molar-refractivity contribution is -0.137. The zero-order valence-electron chi connectivity index (χ0n) is 11.0. The fourth-order valence-electron chi connectivity index (χ4n) is 1.97. The van der Waals surface area contributed by atoms with E-state index in [-0.39, 0.29) is 5.75 Å². The van der Waals surface area contributed by atoms with Crippen LogP contribution in [0.4, 0.5) is 17.6 Å². The second-order valence-corrected chi connectivity index (χ2v) is 4.52. The minimum Gasteiger partial charge on any atom is -0.435 e. The average molecular weight is 317 g/mol. The van der Waals surface area contributed by atoms with Gasteiger partial charge in [-0.1, -0.05) is 18.2 Å². The van der Waals surface area contributed by atoms with Gasteiger partial charge in [-0.3, -0.25) is 10.0 Å². The third-order valence-corrected chi connectivity index (χ3v) is 2.97. The van der Waals surface area contributed by atoms with Gasteiger partial charge in [0.2, 0.25) is 5.91 Å². The molecule has 0 bridgehead atoms. The van der Waals surface area contributed by atoms with Crippen molar-refractivity contribution in [2.45, 2.75) is 19.0 Å². The van der Waals surface area contributed by atoms with Crippen LogP contribution in [0, 0.1) is 0 Å². The molecule has 0 aromatic heterocycles. The molecule has 2 N–H and O–H groups in total.